The molecule has 1 fully saturated rings. The van der Waals surface area contributed by atoms with Crippen LogP contribution in [0.15, 0.2) is 30.3 Å². The van der Waals surface area contributed by atoms with Gasteiger partial charge in [0.2, 0.25) is 0 Å². The van der Waals surface area contributed by atoms with Crippen molar-refractivity contribution in [1.29, 1.82) is 0 Å². The summed E-state index contributed by atoms with van der Waals surface area (Å²) < 4.78 is 26.8. The third-order valence-corrected chi connectivity index (χ3v) is 5.03. The van der Waals surface area contributed by atoms with E-state index >= 15 is 0 Å². The van der Waals surface area contributed by atoms with Gasteiger partial charge >= 0.3 is 6.03 Å². The molecule has 1 aromatic carbocycles. The molecule has 0 radical (unpaired) electrons. The van der Waals surface area contributed by atoms with Gasteiger partial charge in [-0.1, -0.05) is 12.1 Å². The number of halogens is 2. The first-order chi connectivity index (χ1) is 12.5. The number of carbonyl (C=O) groups excluding carboxylic acids is 1. The van der Waals surface area contributed by atoms with Crippen LogP contribution >= 0.6 is 0 Å². The Balaban J connectivity index is 1.54. The van der Waals surface area contributed by atoms with E-state index < -0.39 is 29.8 Å². The van der Waals surface area contributed by atoms with Crippen molar-refractivity contribution >= 4 is 11.8 Å². The fourth-order valence-corrected chi connectivity index (χ4v) is 3.75. The lowest BCUT2D eigenvalue weighted by Gasteiger charge is -2.25. The number of nitrogens with one attached hydrogen (secondary N) is 1. The molecule has 7 heteroatoms. The molecule has 2 atom stereocenters. The zero-order valence-corrected chi connectivity index (χ0v) is 14.1. The predicted molar refractivity (Wildman–Crippen MR) is 91.7 cm³/mol. The number of amides is 2. The Labute approximate surface area is 149 Å². The molecule has 136 valence electrons. The van der Waals surface area contributed by atoms with Gasteiger partial charge in [-0.2, -0.15) is 0 Å². The molecule has 1 saturated heterocycles. The average molecular weight is 359 g/mol. The Morgan fingerprint density at radius 1 is 1.19 bits per heavy atom. The van der Waals surface area contributed by atoms with Crippen molar-refractivity contribution in [3.05, 3.63) is 58.8 Å². The highest BCUT2D eigenvalue weighted by Gasteiger charge is 2.36. The number of rotatable bonds is 2. The van der Waals surface area contributed by atoms with E-state index in [0.717, 1.165) is 37.1 Å². The van der Waals surface area contributed by atoms with E-state index in [1.54, 1.807) is 6.07 Å². The molecule has 2 aromatic rings. The largest absolute Gasteiger partial charge is 0.391 e. The molecule has 2 heterocycles. The number of β-amino-alcohol motifs (C(OH)–C–C–N with tert-alkyl or cyclic N) is 1. The van der Waals surface area contributed by atoms with Crippen LogP contribution in [-0.2, 0) is 12.8 Å². The second-order valence-corrected chi connectivity index (χ2v) is 6.82. The lowest BCUT2D eigenvalue weighted by Crippen LogP contribution is -2.35. The van der Waals surface area contributed by atoms with Crippen molar-refractivity contribution in [1.82, 2.24) is 9.88 Å². The quantitative estimate of drug-likeness (QED) is 0.866. The number of aryl methyl sites for hydroxylation is 2. The maximum atomic E-state index is 13.6. The molecule has 0 bridgehead atoms. The van der Waals surface area contributed by atoms with E-state index in [1.807, 2.05) is 6.07 Å². The number of anilines is 1. The molecule has 5 nitrogen and oxygen atoms in total. The van der Waals surface area contributed by atoms with Crippen LogP contribution in [0.1, 0.15) is 35.7 Å². The molecule has 1 aromatic heterocycles. The summed E-state index contributed by atoms with van der Waals surface area (Å²) in [4.78, 5) is 18.6. The highest BCUT2D eigenvalue weighted by atomic mass is 19.2. The molecule has 0 spiro atoms. The fourth-order valence-electron chi connectivity index (χ4n) is 3.75. The molecule has 2 aliphatic rings. The standard InChI is InChI=1S/C19H19F2N3O2/c20-14-6-4-12(8-15(14)21)17-9-13(25)10-24(17)19(26)23-18-7-5-11-2-1-3-16(11)22-18/h4-8,13,17,25H,1-3,9-10H2,(H,22,23,26). The number of carbonyl (C=O) groups is 1. The SMILES string of the molecule is O=C(Nc1ccc2c(n1)CCC2)N1CC(O)CC1c1ccc(F)c(F)c1. The summed E-state index contributed by atoms with van der Waals surface area (Å²) in [6.45, 7) is 0.125. The maximum absolute atomic E-state index is 13.6. The smallest absolute Gasteiger partial charge is 0.323 e. The van der Waals surface area contributed by atoms with Gasteiger partial charge in [-0.05, 0) is 55.0 Å². The Hall–Kier alpha value is -2.54. The number of urea groups is 1. The van der Waals surface area contributed by atoms with Gasteiger partial charge in [-0.25, -0.2) is 18.6 Å². The molecule has 2 N–H and O–H groups in total. The number of pyridine rings is 1. The number of aliphatic hydroxyl groups is 1. The van der Waals surface area contributed by atoms with Gasteiger partial charge < -0.3 is 10.0 Å². The fraction of sp³-hybridized carbons (Fsp3) is 0.368. The molecular weight excluding hydrogens is 340 g/mol. The number of fused-ring (bicyclic) bond motifs is 1. The van der Waals surface area contributed by atoms with Crippen LogP contribution in [0.4, 0.5) is 19.4 Å². The number of hydrogen-bond acceptors (Lipinski definition) is 3. The van der Waals surface area contributed by atoms with Crippen LogP contribution in [0.25, 0.3) is 0 Å². The number of aromatic nitrogens is 1. The first kappa shape index (κ1) is 16.9. The average Bonchev–Trinajstić information content (AvgIpc) is 3.23. The summed E-state index contributed by atoms with van der Waals surface area (Å²) in [7, 11) is 0. The number of aliphatic hydroxyl groups excluding tert-OH is 1. The molecule has 1 aliphatic carbocycles. The van der Waals surface area contributed by atoms with Crippen LogP contribution in [0.3, 0.4) is 0 Å². The molecule has 26 heavy (non-hydrogen) atoms. The third kappa shape index (κ3) is 3.14. The van der Waals surface area contributed by atoms with E-state index in [1.165, 1.54) is 16.5 Å². The predicted octanol–water partition coefficient (Wildman–Crippen LogP) is 3.19. The zero-order valence-electron chi connectivity index (χ0n) is 14.1. The van der Waals surface area contributed by atoms with E-state index in [9.17, 15) is 18.7 Å². The van der Waals surface area contributed by atoms with Crippen molar-refractivity contribution in [3.63, 3.8) is 0 Å². The lowest BCUT2D eigenvalue weighted by atomic mass is 10.0. The molecule has 1 aliphatic heterocycles. The minimum absolute atomic E-state index is 0.125. The Morgan fingerprint density at radius 2 is 2.04 bits per heavy atom. The summed E-state index contributed by atoms with van der Waals surface area (Å²) in [5, 5.41) is 12.7. The molecular formula is C19H19F2N3O2. The van der Waals surface area contributed by atoms with Gasteiger partial charge in [0.15, 0.2) is 11.6 Å². The minimum atomic E-state index is -0.968. The van der Waals surface area contributed by atoms with Crippen molar-refractivity contribution in [2.45, 2.75) is 37.8 Å². The molecule has 0 saturated carbocycles. The van der Waals surface area contributed by atoms with Gasteiger partial charge in [-0.15, -0.1) is 0 Å². The monoisotopic (exact) mass is 359 g/mol. The van der Waals surface area contributed by atoms with Gasteiger partial charge in [0.05, 0.1) is 12.1 Å². The van der Waals surface area contributed by atoms with Crippen LogP contribution in [-0.4, -0.2) is 33.7 Å². The van der Waals surface area contributed by atoms with Crippen molar-refractivity contribution in [2.24, 2.45) is 0 Å². The summed E-state index contributed by atoms with van der Waals surface area (Å²) >= 11 is 0. The topological polar surface area (TPSA) is 65.5 Å². The van der Waals surface area contributed by atoms with Crippen molar-refractivity contribution in [2.75, 3.05) is 11.9 Å². The van der Waals surface area contributed by atoms with Gasteiger partial charge in [0, 0.05) is 12.2 Å². The second kappa shape index (κ2) is 6.64. The summed E-state index contributed by atoms with van der Waals surface area (Å²) in [6, 6.07) is 6.35. The Bertz CT molecular complexity index is 859. The van der Waals surface area contributed by atoms with Crippen LogP contribution in [0.2, 0.25) is 0 Å². The number of likely N-dealkylation sites (tertiary alicyclic amines) is 1. The van der Waals surface area contributed by atoms with E-state index in [2.05, 4.69) is 10.3 Å². The zero-order chi connectivity index (χ0) is 18.3. The number of nitrogens with zero attached hydrogens (tertiary/aromatic N) is 2. The lowest BCUT2D eigenvalue weighted by molar-refractivity contribution is 0.175. The van der Waals surface area contributed by atoms with Crippen molar-refractivity contribution in [3.8, 4) is 0 Å². The number of hydrogen-bond donors (Lipinski definition) is 2. The molecule has 4 rings (SSSR count). The second-order valence-electron chi connectivity index (χ2n) is 6.82. The first-order valence-electron chi connectivity index (χ1n) is 8.70. The van der Waals surface area contributed by atoms with Crippen LogP contribution < -0.4 is 5.32 Å². The summed E-state index contributed by atoms with van der Waals surface area (Å²) in [5.41, 5.74) is 2.66. The Morgan fingerprint density at radius 3 is 2.85 bits per heavy atom. The minimum Gasteiger partial charge on any atom is -0.391 e. The van der Waals surface area contributed by atoms with Crippen LogP contribution in [0, 0.1) is 11.6 Å². The van der Waals surface area contributed by atoms with E-state index in [4.69, 9.17) is 0 Å². The molecule has 2 unspecified atom stereocenters. The van der Waals surface area contributed by atoms with E-state index in [-0.39, 0.29) is 13.0 Å². The normalized spacial score (nSPS) is 21.7. The third-order valence-electron chi connectivity index (χ3n) is 5.03. The van der Waals surface area contributed by atoms with Gasteiger partial charge in [0.1, 0.15) is 5.82 Å². The Kier molecular flexibility index (Phi) is 4.32. The number of benzene rings is 1. The molecule has 2 amide bonds. The summed E-state index contributed by atoms with van der Waals surface area (Å²) in [5.74, 6) is -1.45. The highest BCUT2D eigenvalue weighted by Crippen LogP contribution is 2.33. The first-order valence-corrected chi connectivity index (χ1v) is 8.70. The van der Waals surface area contributed by atoms with Crippen LogP contribution in [0.5, 0.6) is 0 Å². The van der Waals surface area contributed by atoms with Gasteiger partial charge in [-0.3, -0.25) is 5.32 Å². The van der Waals surface area contributed by atoms with Crippen molar-refractivity contribution < 1.29 is 18.7 Å². The maximum Gasteiger partial charge on any atom is 0.323 e. The highest BCUT2D eigenvalue weighted by molar-refractivity contribution is 5.89. The van der Waals surface area contributed by atoms with Gasteiger partial charge in [0.25, 0.3) is 0 Å². The van der Waals surface area contributed by atoms with E-state index in [0.29, 0.717) is 11.4 Å². The summed E-state index contributed by atoms with van der Waals surface area (Å²) in [6.07, 6.45) is 2.53.